The zero-order valence-electron chi connectivity index (χ0n) is 17.2. The molecule has 3 heterocycles. The zero-order valence-corrected chi connectivity index (χ0v) is 19.5. The highest BCUT2D eigenvalue weighted by Gasteiger charge is 2.29. The number of piperazine rings is 1. The number of rotatable bonds is 6. The average Bonchev–Trinajstić information content (AvgIpc) is 3.12. The quantitative estimate of drug-likeness (QED) is 0.574. The molecule has 0 aliphatic carbocycles. The molecule has 0 radical (unpaired) electrons. The van der Waals surface area contributed by atoms with Crippen LogP contribution in [0.25, 0.3) is 11.0 Å². The topological polar surface area (TPSA) is 96.2 Å². The molecule has 0 bridgehead atoms. The highest BCUT2D eigenvalue weighted by atomic mass is 35.5. The molecule has 1 aliphatic heterocycles. The molecular weight excluding hydrogens is 461 g/mol. The summed E-state index contributed by atoms with van der Waals surface area (Å²) in [5, 5.41) is 8.22. The van der Waals surface area contributed by atoms with Gasteiger partial charge in [0.2, 0.25) is 10.0 Å². The van der Waals surface area contributed by atoms with Crippen LogP contribution in [0.5, 0.6) is 0 Å². The molecular formula is C19H23Cl2N7O2S. The average molecular weight is 484 g/mol. The van der Waals surface area contributed by atoms with Gasteiger partial charge in [-0.2, -0.15) is 9.40 Å². The van der Waals surface area contributed by atoms with E-state index in [1.165, 1.54) is 28.8 Å². The van der Waals surface area contributed by atoms with Gasteiger partial charge in [-0.25, -0.2) is 18.4 Å². The molecule has 0 unspecified atom stereocenters. The van der Waals surface area contributed by atoms with Gasteiger partial charge < -0.3 is 5.32 Å². The standard InChI is InChI=1S/C19H23Cl2N7O2S/c1-13(25-19-18-17(22-12-23-19)10-24-26(18)2)11-27-5-7-28(8-6-27)31(29,30)14-3-4-15(20)16(21)9-14/h3-4,9-10,12-13H,5-8,11H2,1-2H3,(H,22,23,25)/t13-/m0/s1. The summed E-state index contributed by atoms with van der Waals surface area (Å²) in [4.78, 5) is 11.0. The Morgan fingerprint density at radius 3 is 2.58 bits per heavy atom. The van der Waals surface area contributed by atoms with Crippen LogP contribution in [0.2, 0.25) is 10.0 Å². The fourth-order valence-corrected chi connectivity index (χ4v) is 5.53. The van der Waals surface area contributed by atoms with Gasteiger partial charge in [0.1, 0.15) is 17.4 Å². The minimum Gasteiger partial charge on any atom is -0.364 e. The SMILES string of the molecule is C[C@@H](CN1CCN(S(=O)(=O)c2ccc(Cl)c(Cl)c2)CC1)Nc1ncnc2cnn(C)c12. The second-order valence-electron chi connectivity index (χ2n) is 7.55. The molecule has 4 rings (SSSR count). The van der Waals surface area contributed by atoms with Crippen LogP contribution in [-0.2, 0) is 17.1 Å². The first-order valence-corrected chi connectivity index (χ1v) is 12.0. The van der Waals surface area contributed by atoms with Crippen LogP contribution in [0.1, 0.15) is 6.92 Å². The van der Waals surface area contributed by atoms with Crippen LogP contribution >= 0.6 is 23.2 Å². The minimum absolute atomic E-state index is 0.103. The summed E-state index contributed by atoms with van der Waals surface area (Å²) in [6.07, 6.45) is 3.23. The predicted octanol–water partition coefficient (Wildman–Crippen LogP) is 2.48. The fraction of sp³-hybridized carbons (Fsp3) is 0.421. The number of sulfonamides is 1. The smallest absolute Gasteiger partial charge is 0.243 e. The molecule has 0 amide bonds. The Morgan fingerprint density at radius 2 is 1.87 bits per heavy atom. The lowest BCUT2D eigenvalue weighted by atomic mass is 10.2. The van der Waals surface area contributed by atoms with Gasteiger partial charge >= 0.3 is 0 Å². The summed E-state index contributed by atoms with van der Waals surface area (Å²) < 4.78 is 29.1. The maximum Gasteiger partial charge on any atom is 0.243 e. The van der Waals surface area contributed by atoms with Crippen molar-refractivity contribution in [3.8, 4) is 0 Å². The first kappa shape index (κ1) is 22.2. The van der Waals surface area contributed by atoms with E-state index in [0.717, 1.165) is 23.4 Å². The van der Waals surface area contributed by atoms with Crippen molar-refractivity contribution < 1.29 is 8.42 Å². The fourth-order valence-electron chi connectivity index (χ4n) is 3.72. The largest absolute Gasteiger partial charge is 0.364 e. The monoisotopic (exact) mass is 483 g/mol. The van der Waals surface area contributed by atoms with Crippen molar-refractivity contribution in [1.82, 2.24) is 29.0 Å². The minimum atomic E-state index is -3.60. The number of halogens is 2. The summed E-state index contributed by atoms with van der Waals surface area (Å²) in [5.74, 6) is 0.735. The molecule has 1 aliphatic rings. The number of nitrogens with zero attached hydrogens (tertiary/aromatic N) is 6. The second-order valence-corrected chi connectivity index (χ2v) is 10.3. The molecule has 0 saturated carbocycles. The number of aromatic nitrogens is 4. The molecule has 1 aromatic carbocycles. The van der Waals surface area contributed by atoms with E-state index in [2.05, 4.69) is 32.2 Å². The number of anilines is 1. The van der Waals surface area contributed by atoms with E-state index in [1.807, 2.05) is 7.05 Å². The van der Waals surface area contributed by atoms with Gasteiger partial charge in [0.25, 0.3) is 0 Å². The van der Waals surface area contributed by atoms with Crippen LogP contribution in [0.4, 0.5) is 5.82 Å². The van der Waals surface area contributed by atoms with Gasteiger partial charge in [-0.1, -0.05) is 23.2 Å². The van der Waals surface area contributed by atoms with E-state index in [4.69, 9.17) is 23.2 Å². The van der Waals surface area contributed by atoms with E-state index in [9.17, 15) is 8.42 Å². The summed E-state index contributed by atoms with van der Waals surface area (Å²) in [7, 11) is -1.75. The number of hydrogen-bond acceptors (Lipinski definition) is 7. The number of fused-ring (bicyclic) bond motifs is 1. The third-order valence-electron chi connectivity index (χ3n) is 5.30. The maximum atomic E-state index is 12.9. The number of nitrogens with one attached hydrogen (secondary N) is 1. The molecule has 12 heteroatoms. The normalized spacial score (nSPS) is 17.2. The van der Waals surface area contributed by atoms with E-state index in [0.29, 0.717) is 31.2 Å². The molecule has 1 saturated heterocycles. The number of benzene rings is 1. The third-order valence-corrected chi connectivity index (χ3v) is 7.94. The van der Waals surface area contributed by atoms with Crippen molar-refractivity contribution >= 4 is 50.1 Å². The van der Waals surface area contributed by atoms with Gasteiger partial charge in [-0.15, -0.1) is 0 Å². The Kier molecular flexibility index (Phi) is 6.36. The van der Waals surface area contributed by atoms with Crippen LogP contribution in [0, 0.1) is 0 Å². The summed E-state index contributed by atoms with van der Waals surface area (Å²) in [5.41, 5.74) is 1.64. The Bertz CT molecular complexity index is 1190. The molecule has 166 valence electrons. The molecule has 31 heavy (non-hydrogen) atoms. The summed E-state index contributed by atoms with van der Waals surface area (Å²) in [6.45, 7) is 4.92. The Balaban J connectivity index is 1.36. The third kappa shape index (κ3) is 4.63. The zero-order chi connectivity index (χ0) is 22.2. The predicted molar refractivity (Wildman–Crippen MR) is 121 cm³/mol. The highest BCUT2D eigenvalue weighted by Crippen LogP contribution is 2.27. The second kappa shape index (κ2) is 8.87. The lowest BCUT2D eigenvalue weighted by molar-refractivity contribution is 0.184. The van der Waals surface area contributed by atoms with Gasteiger partial charge in [-0.05, 0) is 25.1 Å². The van der Waals surface area contributed by atoms with Crippen LogP contribution in [0.15, 0.2) is 35.6 Å². The highest BCUT2D eigenvalue weighted by molar-refractivity contribution is 7.89. The Labute approximate surface area is 191 Å². The summed E-state index contributed by atoms with van der Waals surface area (Å²) >= 11 is 11.9. The van der Waals surface area contributed by atoms with Crippen molar-refractivity contribution in [2.45, 2.75) is 17.9 Å². The van der Waals surface area contributed by atoms with Crippen molar-refractivity contribution in [2.24, 2.45) is 7.05 Å². The van der Waals surface area contributed by atoms with Crippen molar-refractivity contribution in [3.05, 3.63) is 40.8 Å². The number of aryl methyl sites for hydroxylation is 1. The maximum absolute atomic E-state index is 12.9. The van der Waals surface area contributed by atoms with Crippen LogP contribution in [0.3, 0.4) is 0 Å². The molecule has 1 fully saturated rings. The van der Waals surface area contributed by atoms with Gasteiger partial charge in [0, 0.05) is 45.8 Å². The molecule has 9 nitrogen and oxygen atoms in total. The van der Waals surface area contributed by atoms with Crippen molar-refractivity contribution in [2.75, 3.05) is 38.0 Å². The molecule has 2 aromatic heterocycles. The molecule has 1 N–H and O–H groups in total. The van der Waals surface area contributed by atoms with Crippen LogP contribution < -0.4 is 5.32 Å². The van der Waals surface area contributed by atoms with Gasteiger partial charge in [0.15, 0.2) is 5.82 Å². The van der Waals surface area contributed by atoms with Crippen molar-refractivity contribution in [1.29, 1.82) is 0 Å². The van der Waals surface area contributed by atoms with Crippen LogP contribution in [-0.4, -0.2) is 76.1 Å². The lowest BCUT2D eigenvalue weighted by Gasteiger charge is -2.35. The first-order chi connectivity index (χ1) is 14.8. The molecule has 0 spiro atoms. The summed E-state index contributed by atoms with van der Waals surface area (Å²) in [6, 6.07) is 4.50. The Morgan fingerprint density at radius 1 is 1.13 bits per heavy atom. The first-order valence-electron chi connectivity index (χ1n) is 9.82. The van der Waals surface area contributed by atoms with E-state index >= 15 is 0 Å². The lowest BCUT2D eigenvalue weighted by Crippen LogP contribution is -2.50. The van der Waals surface area contributed by atoms with Gasteiger partial charge in [-0.3, -0.25) is 9.58 Å². The van der Waals surface area contributed by atoms with E-state index < -0.39 is 10.0 Å². The molecule has 3 aromatic rings. The van der Waals surface area contributed by atoms with E-state index in [1.54, 1.807) is 10.9 Å². The molecule has 1 atom stereocenters. The number of hydrogen-bond donors (Lipinski definition) is 1. The van der Waals surface area contributed by atoms with Gasteiger partial charge in [0.05, 0.1) is 21.1 Å². The Hall–Kier alpha value is -1.98. The van der Waals surface area contributed by atoms with Crippen molar-refractivity contribution in [3.63, 3.8) is 0 Å². The van der Waals surface area contributed by atoms with E-state index in [-0.39, 0.29) is 16.0 Å².